The minimum absolute atomic E-state index is 0.115. The second-order valence-electron chi connectivity index (χ2n) is 9.76. The number of rotatable bonds is 9. The van der Waals surface area contributed by atoms with Gasteiger partial charge in [0, 0.05) is 31.9 Å². The van der Waals surface area contributed by atoms with Crippen molar-refractivity contribution in [1.82, 2.24) is 9.62 Å². The molecular weight excluding hydrogens is 498 g/mol. The van der Waals surface area contributed by atoms with Crippen molar-refractivity contribution >= 4 is 21.6 Å². The number of nitrogens with zero attached hydrogens (tertiary/aromatic N) is 2. The SMILES string of the molecule is CCOc1ccc(S(=O)(=O)N[C@@H](Cc2ccccc2)C(=O)N2CCN(c3cccc(C)c3C)CC2)cc1C. The van der Waals surface area contributed by atoms with E-state index in [1.165, 1.54) is 22.9 Å². The molecule has 0 bridgehead atoms. The first-order valence-corrected chi connectivity index (χ1v) is 14.6. The third-order valence-electron chi connectivity index (χ3n) is 7.14. The molecule has 0 radical (unpaired) electrons. The molecule has 4 rings (SSSR count). The van der Waals surface area contributed by atoms with E-state index < -0.39 is 16.1 Å². The molecule has 1 saturated heterocycles. The average Bonchev–Trinajstić information content (AvgIpc) is 2.91. The molecule has 202 valence electrons. The van der Waals surface area contributed by atoms with Crippen LogP contribution in [0.15, 0.2) is 71.6 Å². The van der Waals surface area contributed by atoms with Crippen molar-refractivity contribution in [2.24, 2.45) is 0 Å². The van der Waals surface area contributed by atoms with Crippen LogP contribution in [0, 0.1) is 20.8 Å². The number of hydrogen-bond donors (Lipinski definition) is 1. The molecule has 1 atom stereocenters. The van der Waals surface area contributed by atoms with Gasteiger partial charge in [-0.2, -0.15) is 4.72 Å². The molecule has 7 nitrogen and oxygen atoms in total. The Balaban J connectivity index is 1.53. The Kier molecular flexibility index (Phi) is 8.74. The lowest BCUT2D eigenvalue weighted by molar-refractivity contribution is -0.133. The fourth-order valence-corrected chi connectivity index (χ4v) is 6.13. The summed E-state index contributed by atoms with van der Waals surface area (Å²) < 4.78 is 35.1. The summed E-state index contributed by atoms with van der Waals surface area (Å²) in [4.78, 5) is 17.9. The van der Waals surface area contributed by atoms with Crippen LogP contribution in [0.25, 0.3) is 0 Å². The van der Waals surface area contributed by atoms with Gasteiger partial charge in [-0.1, -0.05) is 42.5 Å². The maximum atomic E-state index is 13.7. The van der Waals surface area contributed by atoms with E-state index in [9.17, 15) is 13.2 Å². The molecule has 0 aromatic heterocycles. The van der Waals surface area contributed by atoms with Gasteiger partial charge in [-0.05, 0) is 80.6 Å². The normalized spacial score (nSPS) is 14.8. The fraction of sp³-hybridized carbons (Fsp3) is 0.367. The number of piperazine rings is 1. The number of carbonyl (C=O) groups excluding carboxylic acids is 1. The molecule has 1 heterocycles. The van der Waals surface area contributed by atoms with Crippen LogP contribution in [0.4, 0.5) is 5.69 Å². The van der Waals surface area contributed by atoms with E-state index in [0.29, 0.717) is 38.5 Å². The van der Waals surface area contributed by atoms with Crippen molar-refractivity contribution in [1.29, 1.82) is 0 Å². The summed E-state index contributed by atoms with van der Waals surface area (Å²) in [6.07, 6.45) is 0.270. The van der Waals surface area contributed by atoms with Gasteiger partial charge in [0.1, 0.15) is 11.8 Å². The predicted molar refractivity (Wildman–Crippen MR) is 151 cm³/mol. The van der Waals surface area contributed by atoms with Gasteiger partial charge in [-0.15, -0.1) is 0 Å². The first-order valence-electron chi connectivity index (χ1n) is 13.1. The summed E-state index contributed by atoms with van der Waals surface area (Å²) in [6.45, 7) is 10.9. The number of nitrogens with one attached hydrogen (secondary N) is 1. The molecular formula is C30H37N3O4S. The third-order valence-corrected chi connectivity index (χ3v) is 8.61. The molecule has 3 aromatic rings. The topological polar surface area (TPSA) is 78.9 Å². The lowest BCUT2D eigenvalue weighted by atomic mass is 10.0. The number of sulfonamides is 1. The number of amides is 1. The quantitative estimate of drug-likeness (QED) is 0.443. The lowest BCUT2D eigenvalue weighted by Gasteiger charge is -2.38. The van der Waals surface area contributed by atoms with E-state index in [2.05, 4.69) is 41.7 Å². The molecule has 38 heavy (non-hydrogen) atoms. The highest BCUT2D eigenvalue weighted by molar-refractivity contribution is 7.89. The van der Waals surface area contributed by atoms with E-state index in [1.807, 2.05) is 44.2 Å². The predicted octanol–water partition coefficient (Wildman–Crippen LogP) is 4.25. The zero-order valence-electron chi connectivity index (χ0n) is 22.6. The second-order valence-corrected chi connectivity index (χ2v) is 11.5. The number of carbonyl (C=O) groups is 1. The number of benzene rings is 3. The van der Waals surface area contributed by atoms with Crippen LogP contribution in [-0.2, 0) is 21.2 Å². The first-order chi connectivity index (χ1) is 18.2. The number of ether oxygens (including phenoxy) is 1. The molecule has 8 heteroatoms. The maximum Gasteiger partial charge on any atom is 0.241 e. The molecule has 1 N–H and O–H groups in total. The highest BCUT2D eigenvalue weighted by atomic mass is 32.2. The van der Waals surface area contributed by atoms with E-state index in [4.69, 9.17) is 4.74 Å². The summed E-state index contributed by atoms with van der Waals surface area (Å²) in [5, 5.41) is 0. The highest BCUT2D eigenvalue weighted by Gasteiger charge is 2.32. The summed E-state index contributed by atoms with van der Waals surface area (Å²) in [7, 11) is -3.95. The summed E-state index contributed by atoms with van der Waals surface area (Å²) in [5.74, 6) is 0.436. The van der Waals surface area contributed by atoms with Gasteiger partial charge in [0.15, 0.2) is 0 Å². The zero-order chi connectivity index (χ0) is 27.3. The van der Waals surface area contributed by atoms with Gasteiger partial charge in [0.2, 0.25) is 15.9 Å². The van der Waals surface area contributed by atoms with Crippen LogP contribution in [0.1, 0.15) is 29.2 Å². The van der Waals surface area contributed by atoms with Gasteiger partial charge in [0.05, 0.1) is 11.5 Å². The lowest BCUT2D eigenvalue weighted by Crippen LogP contribution is -2.55. The largest absolute Gasteiger partial charge is 0.494 e. The van der Waals surface area contributed by atoms with E-state index in [-0.39, 0.29) is 17.2 Å². The number of anilines is 1. The standard InChI is InChI=1S/C30H37N3O4S/c1-5-37-29-15-14-26(20-23(29)3)38(35,36)31-27(21-25-11-7-6-8-12-25)30(34)33-18-16-32(17-19-33)28-13-9-10-22(2)24(28)4/h6-15,20,27,31H,5,16-19,21H2,1-4H3/t27-/m0/s1. The Hall–Kier alpha value is -3.36. The van der Waals surface area contributed by atoms with E-state index in [0.717, 1.165) is 11.1 Å². The summed E-state index contributed by atoms with van der Waals surface area (Å²) in [6, 6.07) is 19.6. The Morgan fingerprint density at radius 1 is 0.921 bits per heavy atom. The van der Waals surface area contributed by atoms with E-state index >= 15 is 0 Å². The van der Waals surface area contributed by atoms with Crippen molar-refractivity contribution in [3.05, 3.63) is 89.0 Å². The Labute approximate surface area is 226 Å². The summed E-state index contributed by atoms with van der Waals surface area (Å²) >= 11 is 0. The number of hydrogen-bond acceptors (Lipinski definition) is 5. The third kappa shape index (κ3) is 6.37. The van der Waals surface area contributed by atoms with Crippen molar-refractivity contribution in [2.75, 3.05) is 37.7 Å². The van der Waals surface area contributed by atoms with Gasteiger partial charge in [0.25, 0.3) is 0 Å². The van der Waals surface area contributed by atoms with Gasteiger partial charge < -0.3 is 14.5 Å². The molecule has 1 amide bonds. The molecule has 0 spiro atoms. The van der Waals surface area contributed by atoms with Crippen LogP contribution in [0.5, 0.6) is 5.75 Å². The van der Waals surface area contributed by atoms with Crippen LogP contribution >= 0.6 is 0 Å². The maximum absolute atomic E-state index is 13.7. The Morgan fingerprint density at radius 2 is 1.63 bits per heavy atom. The molecule has 0 saturated carbocycles. The molecule has 1 fully saturated rings. The van der Waals surface area contributed by atoms with Gasteiger partial charge in [-0.3, -0.25) is 4.79 Å². The second kappa shape index (κ2) is 12.0. The smallest absolute Gasteiger partial charge is 0.241 e. The molecule has 0 unspecified atom stereocenters. The fourth-order valence-electron chi connectivity index (χ4n) is 4.86. The Morgan fingerprint density at radius 3 is 2.29 bits per heavy atom. The minimum Gasteiger partial charge on any atom is -0.494 e. The molecule has 0 aliphatic carbocycles. The monoisotopic (exact) mass is 535 g/mol. The van der Waals surface area contributed by atoms with Crippen molar-refractivity contribution in [3.63, 3.8) is 0 Å². The van der Waals surface area contributed by atoms with Crippen molar-refractivity contribution < 1.29 is 17.9 Å². The van der Waals surface area contributed by atoms with Gasteiger partial charge in [-0.25, -0.2) is 8.42 Å². The van der Waals surface area contributed by atoms with Crippen LogP contribution in [0.3, 0.4) is 0 Å². The van der Waals surface area contributed by atoms with Crippen molar-refractivity contribution in [2.45, 2.75) is 45.1 Å². The van der Waals surface area contributed by atoms with E-state index in [1.54, 1.807) is 17.0 Å². The zero-order valence-corrected chi connectivity index (χ0v) is 23.4. The Bertz CT molecular complexity index is 1370. The molecule has 1 aliphatic rings. The summed E-state index contributed by atoms with van der Waals surface area (Å²) in [5.41, 5.74) is 5.29. The molecule has 3 aromatic carbocycles. The van der Waals surface area contributed by atoms with Crippen LogP contribution in [0.2, 0.25) is 0 Å². The highest BCUT2D eigenvalue weighted by Crippen LogP contribution is 2.25. The van der Waals surface area contributed by atoms with Crippen LogP contribution < -0.4 is 14.4 Å². The molecule has 1 aliphatic heterocycles. The minimum atomic E-state index is -3.95. The van der Waals surface area contributed by atoms with Crippen LogP contribution in [-0.4, -0.2) is 58.1 Å². The first kappa shape index (κ1) is 27.7. The average molecular weight is 536 g/mol. The van der Waals surface area contributed by atoms with Crippen molar-refractivity contribution in [3.8, 4) is 5.75 Å². The number of aryl methyl sites for hydroxylation is 2. The van der Waals surface area contributed by atoms with Gasteiger partial charge >= 0.3 is 0 Å².